The van der Waals surface area contributed by atoms with E-state index < -0.39 is 10.0 Å². The van der Waals surface area contributed by atoms with Gasteiger partial charge in [-0.15, -0.1) is 0 Å². The molecule has 0 bridgehead atoms. The zero-order chi connectivity index (χ0) is 15.1. The number of sulfonamides is 1. The lowest BCUT2D eigenvalue weighted by molar-refractivity contribution is -0.117. The molecule has 1 aromatic carbocycles. The predicted octanol–water partition coefficient (Wildman–Crippen LogP) is 1.33. The molecule has 1 aromatic rings. The van der Waals surface area contributed by atoms with Crippen LogP contribution in [0.2, 0.25) is 0 Å². The Hall–Kier alpha value is -1.66. The Morgan fingerprint density at radius 3 is 2.62 bits per heavy atom. The van der Waals surface area contributed by atoms with Gasteiger partial charge in [0, 0.05) is 18.7 Å². The number of carbonyl (C=O) groups excluding carboxylic acids is 1. The number of nitrogens with one attached hydrogen (secondary N) is 2. The maximum atomic E-state index is 11.8. The van der Waals surface area contributed by atoms with E-state index in [-0.39, 0.29) is 24.7 Å². The molecule has 5 nitrogen and oxygen atoms in total. The van der Waals surface area contributed by atoms with Crippen molar-refractivity contribution in [2.24, 2.45) is 0 Å². The summed E-state index contributed by atoms with van der Waals surface area (Å²) < 4.78 is 26.2. The number of rotatable bonds is 7. The normalized spacial score (nSPS) is 14.8. The molecular formula is C15H20N2O3S. The third kappa shape index (κ3) is 5.32. The summed E-state index contributed by atoms with van der Waals surface area (Å²) in [5.74, 6) is -0.260. The molecule has 21 heavy (non-hydrogen) atoms. The summed E-state index contributed by atoms with van der Waals surface area (Å²) in [6.45, 7) is 0.391. The van der Waals surface area contributed by atoms with Gasteiger partial charge < -0.3 is 5.32 Å². The second kappa shape index (κ2) is 7.38. The summed E-state index contributed by atoms with van der Waals surface area (Å²) in [6.07, 6.45) is 4.63. The molecule has 6 heteroatoms. The maximum Gasteiger partial charge on any atom is 0.246 e. The molecule has 0 spiro atoms. The lowest BCUT2D eigenvalue weighted by atomic mass is 10.2. The van der Waals surface area contributed by atoms with E-state index in [0.717, 1.165) is 30.4 Å². The SMILES string of the molecule is O=C(NCCS(=O)(=O)NCc1ccccc1)C1=CCCC1. The average Bonchev–Trinajstić information content (AvgIpc) is 3.00. The highest BCUT2D eigenvalue weighted by atomic mass is 32.2. The van der Waals surface area contributed by atoms with Crippen LogP contribution in [0.5, 0.6) is 0 Å². The van der Waals surface area contributed by atoms with E-state index in [1.54, 1.807) is 0 Å². The van der Waals surface area contributed by atoms with Crippen molar-refractivity contribution in [3.63, 3.8) is 0 Å². The van der Waals surface area contributed by atoms with Crippen LogP contribution in [-0.2, 0) is 21.4 Å². The van der Waals surface area contributed by atoms with Crippen LogP contribution in [0, 0.1) is 0 Å². The van der Waals surface area contributed by atoms with Gasteiger partial charge in [0.2, 0.25) is 15.9 Å². The molecule has 0 aromatic heterocycles. The average molecular weight is 308 g/mol. The molecule has 2 rings (SSSR count). The van der Waals surface area contributed by atoms with Crippen LogP contribution in [0.1, 0.15) is 24.8 Å². The van der Waals surface area contributed by atoms with Gasteiger partial charge >= 0.3 is 0 Å². The van der Waals surface area contributed by atoms with Crippen molar-refractivity contribution in [3.8, 4) is 0 Å². The molecule has 2 N–H and O–H groups in total. The zero-order valence-corrected chi connectivity index (χ0v) is 12.7. The van der Waals surface area contributed by atoms with E-state index >= 15 is 0 Å². The van der Waals surface area contributed by atoms with Gasteiger partial charge in [-0.05, 0) is 24.8 Å². The lowest BCUT2D eigenvalue weighted by Crippen LogP contribution is -2.34. The van der Waals surface area contributed by atoms with Crippen molar-refractivity contribution in [2.45, 2.75) is 25.8 Å². The molecule has 0 radical (unpaired) electrons. The first kappa shape index (κ1) is 15.7. The smallest absolute Gasteiger partial charge is 0.246 e. The summed E-state index contributed by atoms with van der Waals surface area (Å²) in [6, 6.07) is 9.32. The van der Waals surface area contributed by atoms with Crippen LogP contribution >= 0.6 is 0 Å². The van der Waals surface area contributed by atoms with Gasteiger partial charge in [0.1, 0.15) is 0 Å². The first-order chi connectivity index (χ1) is 10.1. The van der Waals surface area contributed by atoms with Crippen molar-refractivity contribution in [1.82, 2.24) is 10.0 Å². The Labute approximate surface area is 125 Å². The van der Waals surface area contributed by atoms with Crippen molar-refractivity contribution >= 4 is 15.9 Å². The van der Waals surface area contributed by atoms with Gasteiger partial charge in [-0.1, -0.05) is 36.4 Å². The molecule has 0 heterocycles. The standard InChI is InChI=1S/C15H20N2O3S/c18-15(14-8-4-5-9-14)16-10-11-21(19,20)17-12-13-6-2-1-3-7-13/h1-3,6-8,17H,4-5,9-12H2,(H,16,18). The fraction of sp³-hybridized carbons (Fsp3) is 0.400. The number of hydrogen-bond donors (Lipinski definition) is 2. The number of amides is 1. The molecular weight excluding hydrogens is 288 g/mol. The highest BCUT2D eigenvalue weighted by molar-refractivity contribution is 7.89. The van der Waals surface area contributed by atoms with Crippen molar-refractivity contribution in [2.75, 3.05) is 12.3 Å². The van der Waals surface area contributed by atoms with Gasteiger partial charge in [-0.25, -0.2) is 13.1 Å². The number of hydrogen-bond acceptors (Lipinski definition) is 3. The molecule has 0 saturated heterocycles. The quantitative estimate of drug-likeness (QED) is 0.798. The van der Waals surface area contributed by atoms with E-state index in [2.05, 4.69) is 10.0 Å². The summed E-state index contributed by atoms with van der Waals surface area (Å²) >= 11 is 0. The molecule has 0 saturated carbocycles. The Morgan fingerprint density at radius 2 is 1.95 bits per heavy atom. The Kier molecular flexibility index (Phi) is 5.52. The highest BCUT2D eigenvalue weighted by Crippen LogP contribution is 2.16. The second-order valence-electron chi connectivity index (χ2n) is 5.00. The first-order valence-corrected chi connectivity index (χ1v) is 8.70. The van der Waals surface area contributed by atoms with E-state index in [9.17, 15) is 13.2 Å². The van der Waals surface area contributed by atoms with Crippen LogP contribution in [0.4, 0.5) is 0 Å². The van der Waals surface area contributed by atoms with Gasteiger partial charge in [-0.2, -0.15) is 0 Å². The monoisotopic (exact) mass is 308 g/mol. The predicted molar refractivity (Wildman–Crippen MR) is 82.0 cm³/mol. The largest absolute Gasteiger partial charge is 0.351 e. The van der Waals surface area contributed by atoms with E-state index in [0.29, 0.717) is 0 Å². The van der Waals surface area contributed by atoms with Crippen molar-refractivity contribution in [3.05, 3.63) is 47.5 Å². The Balaban J connectivity index is 1.72. The highest BCUT2D eigenvalue weighted by Gasteiger charge is 2.14. The fourth-order valence-corrected chi connectivity index (χ4v) is 3.05. The minimum atomic E-state index is -3.38. The number of benzene rings is 1. The number of allylic oxidation sites excluding steroid dienone is 1. The molecule has 1 aliphatic rings. The second-order valence-corrected chi connectivity index (χ2v) is 6.93. The maximum absolute atomic E-state index is 11.8. The summed E-state index contributed by atoms with van der Waals surface area (Å²) in [5.41, 5.74) is 1.67. The molecule has 0 aliphatic heterocycles. The minimum absolute atomic E-state index is 0.112. The zero-order valence-electron chi connectivity index (χ0n) is 11.8. The van der Waals surface area contributed by atoms with Crippen LogP contribution in [0.15, 0.2) is 42.0 Å². The van der Waals surface area contributed by atoms with Crippen molar-refractivity contribution < 1.29 is 13.2 Å². The summed E-state index contributed by atoms with van der Waals surface area (Å²) in [4.78, 5) is 11.7. The van der Waals surface area contributed by atoms with E-state index in [1.807, 2.05) is 36.4 Å². The minimum Gasteiger partial charge on any atom is -0.351 e. The van der Waals surface area contributed by atoms with Crippen LogP contribution < -0.4 is 10.0 Å². The van der Waals surface area contributed by atoms with Crippen molar-refractivity contribution in [1.29, 1.82) is 0 Å². The first-order valence-electron chi connectivity index (χ1n) is 7.05. The molecule has 0 atom stereocenters. The molecule has 0 fully saturated rings. The third-order valence-corrected chi connectivity index (χ3v) is 4.65. The fourth-order valence-electron chi connectivity index (χ4n) is 2.15. The number of carbonyl (C=O) groups is 1. The van der Waals surface area contributed by atoms with Crippen LogP contribution in [0.25, 0.3) is 0 Å². The van der Waals surface area contributed by atoms with Gasteiger partial charge in [0.25, 0.3) is 0 Å². The van der Waals surface area contributed by atoms with E-state index in [4.69, 9.17) is 0 Å². The van der Waals surface area contributed by atoms with Crippen LogP contribution in [-0.4, -0.2) is 26.6 Å². The van der Waals surface area contributed by atoms with E-state index in [1.165, 1.54) is 0 Å². The summed E-state index contributed by atoms with van der Waals surface area (Å²) in [7, 11) is -3.38. The Morgan fingerprint density at radius 1 is 1.19 bits per heavy atom. The molecule has 1 aliphatic carbocycles. The molecule has 114 valence electrons. The summed E-state index contributed by atoms with van der Waals surface area (Å²) in [5, 5.41) is 2.65. The van der Waals surface area contributed by atoms with Gasteiger partial charge in [0.15, 0.2) is 0 Å². The van der Waals surface area contributed by atoms with Crippen LogP contribution in [0.3, 0.4) is 0 Å². The van der Waals surface area contributed by atoms with Gasteiger partial charge in [-0.3, -0.25) is 4.79 Å². The third-order valence-electron chi connectivity index (χ3n) is 3.33. The van der Waals surface area contributed by atoms with Gasteiger partial charge in [0.05, 0.1) is 5.75 Å². The molecule has 1 amide bonds. The topological polar surface area (TPSA) is 75.3 Å². The Bertz CT molecular complexity index is 609. The molecule has 0 unspecified atom stereocenters. The lowest BCUT2D eigenvalue weighted by Gasteiger charge is -2.08.